The Balaban J connectivity index is 2.26. The van der Waals surface area contributed by atoms with E-state index in [9.17, 15) is 0 Å². The van der Waals surface area contributed by atoms with Gasteiger partial charge < -0.3 is 5.32 Å². The molecule has 18 heavy (non-hydrogen) atoms. The van der Waals surface area contributed by atoms with E-state index in [4.69, 9.17) is 0 Å². The molecule has 3 nitrogen and oxygen atoms in total. The Morgan fingerprint density at radius 2 is 2.00 bits per heavy atom. The maximum Gasteiger partial charge on any atom is 0.137 e. The predicted molar refractivity (Wildman–Crippen MR) is 78.9 cm³/mol. The van der Waals surface area contributed by atoms with Crippen LogP contribution in [0.5, 0.6) is 0 Å². The first-order valence-corrected chi connectivity index (χ1v) is 7.47. The molecular formula is C14H22BrN3. The van der Waals surface area contributed by atoms with E-state index in [1.807, 2.05) is 6.07 Å². The van der Waals surface area contributed by atoms with Crippen molar-refractivity contribution in [2.45, 2.75) is 64.3 Å². The molecule has 0 unspecified atom stereocenters. The van der Waals surface area contributed by atoms with Crippen LogP contribution in [0.25, 0.3) is 0 Å². The fraction of sp³-hybridized carbons (Fsp3) is 0.714. The third kappa shape index (κ3) is 2.85. The molecule has 0 bridgehead atoms. The second-order valence-electron chi connectivity index (χ2n) is 6.26. The Labute approximate surface area is 118 Å². The van der Waals surface area contributed by atoms with Crippen LogP contribution in [0.2, 0.25) is 0 Å². The van der Waals surface area contributed by atoms with Crippen molar-refractivity contribution in [1.29, 1.82) is 0 Å². The van der Waals surface area contributed by atoms with Crippen LogP contribution in [-0.2, 0) is 5.41 Å². The average Bonchev–Trinajstić information content (AvgIpc) is 2.21. The minimum atomic E-state index is -0.0286. The molecule has 0 radical (unpaired) electrons. The zero-order valence-electron chi connectivity index (χ0n) is 11.7. The first-order valence-electron chi connectivity index (χ1n) is 6.68. The van der Waals surface area contributed by atoms with Gasteiger partial charge in [0.15, 0.2) is 0 Å². The number of rotatable bonds is 3. The normalized spacial score (nSPS) is 18.3. The summed E-state index contributed by atoms with van der Waals surface area (Å²) in [7, 11) is 0. The average molecular weight is 312 g/mol. The van der Waals surface area contributed by atoms with Crippen LogP contribution in [0.3, 0.4) is 0 Å². The van der Waals surface area contributed by atoms with Crippen molar-refractivity contribution in [1.82, 2.24) is 9.97 Å². The molecule has 1 aromatic rings. The molecule has 1 fully saturated rings. The quantitative estimate of drug-likeness (QED) is 0.847. The van der Waals surface area contributed by atoms with Gasteiger partial charge in [-0.25, -0.2) is 9.97 Å². The molecule has 0 amide bonds. The molecule has 0 atom stereocenters. The largest absolute Gasteiger partial charge is 0.365 e. The number of nitrogens with zero attached hydrogens (tertiary/aromatic N) is 2. The van der Waals surface area contributed by atoms with Crippen molar-refractivity contribution in [3.63, 3.8) is 0 Å². The molecule has 100 valence electrons. The number of nitrogens with one attached hydrogen (secondary N) is 1. The lowest BCUT2D eigenvalue weighted by Gasteiger charge is -2.42. The molecule has 0 saturated heterocycles. The molecule has 0 aliphatic heterocycles. The first-order chi connectivity index (χ1) is 8.35. The molecule has 1 aromatic heterocycles. The van der Waals surface area contributed by atoms with Gasteiger partial charge >= 0.3 is 0 Å². The summed E-state index contributed by atoms with van der Waals surface area (Å²) in [5, 5.41) is 3.61. The summed E-state index contributed by atoms with van der Waals surface area (Å²) in [6.07, 6.45) is 4.96. The summed E-state index contributed by atoms with van der Waals surface area (Å²) in [6, 6.07) is 1.98. The highest BCUT2D eigenvalue weighted by Crippen LogP contribution is 2.38. The van der Waals surface area contributed by atoms with Crippen LogP contribution in [-0.4, -0.2) is 15.5 Å². The van der Waals surface area contributed by atoms with E-state index in [0.29, 0.717) is 0 Å². The summed E-state index contributed by atoms with van der Waals surface area (Å²) >= 11 is 3.48. The standard InChI is InChI=1S/C14H22BrN3/c1-5-14(7-6-8-14)18-11-9-10(15)16-12(17-11)13(2,3)4/h9H,5-8H2,1-4H3,(H,16,17,18). The summed E-state index contributed by atoms with van der Waals surface area (Å²) in [6.45, 7) is 8.65. The summed E-state index contributed by atoms with van der Waals surface area (Å²) in [5.74, 6) is 1.83. The van der Waals surface area contributed by atoms with Crippen molar-refractivity contribution < 1.29 is 0 Å². The van der Waals surface area contributed by atoms with E-state index in [-0.39, 0.29) is 11.0 Å². The van der Waals surface area contributed by atoms with Crippen LogP contribution >= 0.6 is 15.9 Å². The van der Waals surface area contributed by atoms with Crippen molar-refractivity contribution in [2.24, 2.45) is 0 Å². The minimum Gasteiger partial charge on any atom is -0.365 e. The van der Waals surface area contributed by atoms with Crippen LogP contribution in [0.15, 0.2) is 10.7 Å². The Kier molecular flexibility index (Phi) is 3.67. The maximum absolute atomic E-state index is 4.67. The van der Waals surface area contributed by atoms with Crippen molar-refractivity contribution in [2.75, 3.05) is 5.32 Å². The van der Waals surface area contributed by atoms with Crippen molar-refractivity contribution in [3.8, 4) is 0 Å². The van der Waals surface area contributed by atoms with Gasteiger partial charge in [-0.1, -0.05) is 27.7 Å². The van der Waals surface area contributed by atoms with Crippen LogP contribution in [0.4, 0.5) is 5.82 Å². The van der Waals surface area contributed by atoms with Crippen LogP contribution in [0, 0.1) is 0 Å². The molecule has 1 aliphatic rings. The van der Waals surface area contributed by atoms with E-state index < -0.39 is 0 Å². The Hall–Kier alpha value is -0.640. The number of aromatic nitrogens is 2. The van der Waals surface area contributed by atoms with Crippen molar-refractivity contribution in [3.05, 3.63) is 16.5 Å². The van der Waals surface area contributed by atoms with Gasteiger partial charge in [0, 0.05) is 17.0 Å². The Bertz CT molecular complexity index is 428. The predicted octanol–water partition coefficient (Wildman–Crippen LogP) is 4.28. The number of hydrogen-bond donors (Lipinski definition) is 1. The summed E-state index contributed by atoms with van der Waals surface area (Å²) in [4.78, 5) is 9.14. The fourth-order valence-electron chi connectivity index (χ4n) is 2.26. The molecule has 1 heterocycles. The van der Waals surface area contributed by atoms with E-state index in [1.165, 1.54) is 19.3 Å². The van der Waals surface area contributed by atoms with Gasteiger partial charge in [-0.2, -0.15) is 0 Å². The molecular weight excluding hydrogens is 290 g/mol. The minimum absolute atomic E-state index is 0.0286. The molecule has 0 aromatic carbocycles. The third-order valence-electron chi connectivity index (χ3n) is 3.75. The zero-order valence-corrected chi connectivity index (χ0v) is 13.3. The lowest BCUT2D eigenvalue weighted by atomic mass is 9.75. The van der Waals surface area contributed by atoms with Gasteiger partial charge in [0.2, 0.25) is 0 Å². The smallest absolute Gasteiger partial charge is 0.137 e. The van der Waals surface area contributed by atoms with Gasteiger partial charge in [0.1, 0.15) is 16.2 Å². The van der Waals surface area contributed by atoms with Crippen LogP contribution < -0.4 is 5.32 Å². The Morgan fingerprint density at radius 1 is 1.33 bits per heavy atom. The lowest BCUT2D eigenvalue weighted by Crippen LogP contribution is -2.44. The van der Waals surface area contributed by atoms with Crippen LogP contribution in [0.1, 0.15) is 59.2 Å². The van der Waals surface area contributed by atoms with Gasteiger partial charge in [-0.05, 0) is 41.6 Å². The van der Waals surface area contributed by atoms with E-state index in [0.717, 1.165) is 22.7 Å². The number of anilines is 1. The topological polar surface area (TPSA) is 37.8 Å². The SMILES string of the molecule is CCC1(Nc2cc(Br)nc(C(C)(C)C)n2)CCC1. The Morgan fingerprint density at radius 3 is 2.44 bits per heavy atom. The van der Waals surface area contributed by atoms with Gasteiger partial charge in [0.05, 0.1) is 0 Å². The van der Waals surface area contributed by atoms with E-state index in [1.54, 1.807) is 0 Å². The van der Waals surface area contributed by atoms with Gasteiger partial charge in [0.25, 0.3) is 0 Å². The van der Waals surface area contributed by atoms with Gasteiger partial charge in [-0.3, -0.25) is 0 Å². The molecule has 1 aliphatic carbocycles. The molecule has 1 N–H and O–H groups in total. The second kappa shape index (κ2) is 4.80. The number of halogens is 1. The third-order valence-corrected chi connectivity index (χ3v) is 4.15. The lowest BCUT2D eigenvalue weighted by molar-refractivity contribution is 0.268. The molecule has 2 rings (SSSR count). The number of hydrogen-bond acceptors (Lipinski definition) is 3. The van der Waals surface area contributed by atoms with Gasteiger partial charge in [-0.15, -0.1) is 0 Å². The van der Waals surface area contributed by atoms with E-state index >= 15 is 0 Å². The molecule has 4 heteroatoms. The highest BCUT2D eigenvalue weighted by Gasteiger charge is 2.35. The fourth-order valence-corrected chi connectivity index (χ4v) is 2.64. The highest BCUT2D eigenvalue weighted by molar-refractivity contribution is 9.10. The highest BCUT2D eigenvalue weighted by atomic mass is 79.9. The first kappa shape index (κ1) is 13.8. The van der Waals surface area contributed by atoms with Crippen molar-refractivity contribution >= 4 is 21.7 Å². The summed E-state index contributed by atoms with van der Waals surface area (Å²) in [5.41, 5.74) is 0.238. The molecule has 0 spiro atoms. The zero-order chi connectivity index (χ0) is 13.4. The molecule has 1 saturated carbocycles. The monoisotopic (exact) mass is 311 g/mol. The summed E-state index contributed by atoms with van der Waals surface area (Å²) < 4.78 is 0.857. The maximum atomic E-state index is 4.67. The van der Waals surface area contributed by atoms with E-state index in [2.05, 4.69) is 58.9 Å². The second-order valence-corrected chi connectivity index (χ2v) is 7.07.